The molecule has 1 aromatic heterocycles. The molecular weight excluding hydrogens is 368 g/mol. The normalized spacial score (nSPS) is 16.0. The minimum Gasteiger partial charge on any atom is -0.481 e. The number of fused-ring (bicyclic) bond motifs is 1. The van der Waals surface area contributed by atoms with Crippen LogP contribution in [-0.4, -0.2) is 43.1 Å². The third kappa shape index (κ3) is 4.66. The molecule has 29 heavy (non-hydrogen) atoms. The minimum atomic E-state index is -0.599. The van der Waals surface area contributed by atoms with Crippen LogP contribution >= 0.6 is 0 Å². The molecular formula is C23H25N2O4+. The van der Waals surface area contributed by atoms with E-state index in [-0.39, 0.29) is 5.91 Å². The molecule has 4 rings (SSSR count). The Balaban J connectivity index is 1.33. The second-order valence-electron chi connectivity index (χ2n) is 7.45. The van der Waals surface area contributed by atoms with Crippen LogP contribution in [0.15, 0.2) is 69.9 Å². The highest BCUT2D eigenvalue weighted by molar-refractivity contribution is 5.81. The predicted octanol–water partition coefficient (Wildman–Crippen LogP) is 1.49. The molecule has 0 saturated carbocycles. The first-order valence-corrected chi connectivity index (χ1v) is 9.95. The van der Waals surface area contributed by atoms with E-state index in [9.17, 15) is 9.59 Å². The molecule has 1 amide bonds. The fourth-order valence-electron chi connectivity index (χ4n) is 3.73. The van der Waals surface area contributed by atoms with Crippen LogP contribution in [0.4, 0.5) is 0 Å². The fourth-order valence-corrected chi connectivity index (χ4v) is 3.73. The van der Waals surface area contributed by atoms with Gasteiger partial charge in [-0.3, -0.25) is 4.79 Å². The summed E-state index contributed by atoms with van der Waals surface area (Å²) in [5, 5.41) is 0.813. The molecule has 1 N–H and O–H groups in total. The lowest BCUT2D eigenvalue weighted by Crippen LogP contribution is -3.13. The summed E-state index contributed by atoms with van der Waals surface area (Å²) in [6.07, 6.45) is -0.599. The average molecular weight is 393 g/mol. The molecule has 0 radical (unpaired) electrons. The van der Waals surface area contributed by atoms with Crippen LogP contribution in [0.3, 0.4) is 0 Å². The molecule has 1 aliphatic rings. The number of nitrogens with one attached hydrogen (secondary N) is 1. The summed E-state index contributed by atoms with van der Waals surface area (Å²) in [4.78, 5) is 27.6. The van der Waals surface area contributed by atoms with Crippen LogP contribution in [0.2, 0.25) is 0 Å². The van der Waals surface area contributed by atoms with Crippen molar-refractivity contribution in [1.82, 2.24) is 4.90 Å². The molecule has 3 aromatic rings. The molecule has 0 aliphatic carbocycles. The zero-order chi connectivity index (χ0) is 20.2. The van der Waals surface area contributed by atoms with Crippen LogP contribution in [-0.2, 0) is 11.3 Å². The molecule has 6 nitrogen and oxygen atoms in total. The Morgan fingerprint density at radius 3 is 2.59 bits per heavy atom. The van der Waals surface area contributed by atoms with Crippen molar-refractivity contribution in [3.8, 4) is 5.75 Å². The quantitative estimate of drug-likeness (QED) is 0.667. The first kappa shape index (κ1) is 19.2. The molecule has 0 unspecified atom stereocenters. The number of carbonyl (C=O) groups excluding carboxylic acids is 1. The van der Waals surface area contributed by atoms with E-state index in [1.807, 2.05) is 17.0 Å². The number of benzene rings is 2. The Hall–Kier alpha value is -3.12. The number of carbonyl (C=O) groups is 1. The van der Waals surface area contributed by atoms with Crippen molar-refractivity contribution in [2.24, 2.45) is 0 Å². The van der Waals surface area contributed by atoms with Crippen LogP contribution in [0, 0.1) is 0 Å². The van der Waals surface area contributed by atoms with Crippen LogP contribution in [0.5, 0.6) is 5.75 Å². The zero-order valence-electron chi connectivity index (χ0n) is 16.5. The van der Waals surface area contributed by atoms with Gasteiger partial charge in [0.25, 0.3) is 5.91 Å². The Labute approximate surface area is 169 Å². The van der Waals surface area contributed by atoms with Gasteiger partial charge in [-0.2, -0.15) is 0 Å². The lowest BCUT2D eigenvalue weighted by molar-refractivity contribution is -0.917. The van der Waals surface area contributed by atoms with Gasteiger partial charge in [0, 0.05) is 23.1 Å². The summed E-state index contributed by atoms with van der Waals surface area (Å²) in [6.45, 7) is 6.04. The second-order valence-corrected chi connectivity index (χ2v) is 7.45. The third-order valence-electron chi connectivity index (χ3n) is 5.33. The highest BCUT2D eigenvalue weighted by Crippen LogP contribution is 2.20. The Kier molecular flexibility index (Phi) is 5.62. The molecule has 1 aliphatic heterocycles. The topological polar surface area (TPSA) is 64.2 Å². The van der Waals surface area contributed by atoms with Gasteiger partial charge < -0.3 is 19.0 Å². The van der Waals surface area contributed by atoms with E-state index in [1.165, 1.54) is 16.5 Å². The van der Waals surface area contributed by atoms with Crippen molar-refractivity contribution >= 4 is 16.9 Å². The van der Waals surface area contributed by atoms with Gasteiger partial charge in [0.1, 0.15) is 17.9 Å². The largest absolute Gasteiger partial charge is 0.481 e. The number of amides is 1. The number of quaternary nitrogens is 1. The lowest BCUT2D eigenvalue weighted by atomic mass is 10.2. The number of piperazine rings is 1. The Bertz CT molecular complexity index is 1040. The monoisotopic (exact) mass is 393 g/mol. The Morgan fingerprint density at radius 2 is 1.83 bits per heavy atom. The van der Waals surface area contributed by atoms with Gasteiger partial charge in [-0.15, -0.1) is 0 Å². The molecule has 1 fully saturated rings. The molecule has 1 saturated heterocycles. The molecule has 6 heteroatoms. The molecule has 1 atom stereocenters. The summed E-state index contributed by atoms with van der Waals surface area (Å²) >= 11 is 0. The number of hydrogen-bond donors (Lipinski definition) is 1. The third-order valence-corrected chi connectivity index (χ3v) is 5.33. The SMILES string of the molecule is C[C@H](Oc1ccc2ccc(=O)oc2c1)C(=O)N1CC[NH+](Cc2ccccc2)CC1. The van der Waals surface area contributed by atoms with Crippen molar-refractivity contribution in [2.75, 3.05) is 26.2 Å². The van der Waals surface area contributed by atoms with Crippen molar-refractivity contribution in [3.05, 3.63) is 76.6 Å². The van der Waals surface area contributed by atoms with Crippen molar-refractivity contribution in [2.45, 2.75) is 19.6 Å². The summed E-state index contributed by atoms with van der Waals surface area (Å²) < 4.78 is 11.0. The van der Waals surface area contributed by atoms with Crippen molar-refractivity contribution < 1.29 is 18.8 Å². The van der Waals surface area contributed by atoms with E-state index in [4.69, 9.17) is 9.15 Å². The van der Waals surface area contributed by atoms with Crippen molar-refractivity contribution in [3.63, 3.8) is 0 Å². The van der Waals surface area contributed by atoms with Gasteiger partial charge in [0.15, 0.2) is 6.10 Å². The maximum Gasteiger partial charge on any atom is 0.336 e. The molecule has 2 aromatic carbocycles. The molecule has 0 spiro atoms. The highest BCUT2D eigenvalue weighted by atomic mass is 16.5. The van der Waals surface area contributed by atoms with E-state index in [0.29, 0.717) is 11.3 Å². The average Bonchev–Trinajstić information content (AvgIpc) is 2.74. The minimum absolute atomic E-state index is 0.0154. The number of rotatable bonds is 5. The van der Waals surface area contributed by atoms with Gasteiger partial charge in [0.05, 0.1) is 26.2 Å². The van der Waals surface area contributed by atoms with Crippen LogP contribution < -0.4 is 15.3 Å². The van der Waals surface area contributed by atoms with Gasteiger partial charge in [-0.1, -0.05) is 30.3 Å². The van der Waals surface area contributed by atoms with Gasteiger partial charge >= 0.3 is 5.63 Å². The van der Waals surface area contributed by atoms with E-state index in [1.54, 1.807) is 25.1 Å². The molecule has 150 valence electrons. The number of ether oxygens (including phenoxy) is 1. The maximum absolute atomic E-state index is 12.8. The number of hydrogen-bond acceptors (Lipinski definition) is 4. The van der Waals surface area contributed by atoms with E-state index < -0.39 is 11.7 Å². The first-order valence-electron chi connectivity index (χ1n) is 9.95. The fraction of sp³-hybridized carbons (Fsp3) is 0.304. The standard InChI is InChI=1S/C23H24N2O4/c1-17(28-20-9-7-19-8-10-22(26)29-21(19)15-20)23(27)25-13-11-24(12-14-25)16-18-5-3-2-4-6-18/h2-10,15,17H,11-14,16H2,1H3/p+1/t17-/m0/s1. The van der Waals surface area contributed by atoms with Crippen LogP contribution in [0.1, 0.15) is 12.5 Å². The zero-order valence-corrected chi connectivity index (χ0v) is 16.5. The van der Waals surface area contributed by atoms with E-state index >= 15 is 0 Å². The van der Waals surface area contributed by atoms with Gasteiger partial charge in [-0.25, -0.2) is 4.79 Å². The summed E-state index contributed by atoms with van der Waals surface area (Å²) in [5.74, 6) is 0.499. The first-order chi connectivity index (χ1) is 14.1. The van der Waals surface area contributed by atoms with Crippen molar-refractivity contribution in [1.29, 1.82) is 0 Å². The molecule has 2 heterocycles. The predicted molar refractivity (Wildman–Crippen MR) is 110 cm³/mol. The highest BCUT2D eigenvalue weighted by Gasteiger charge is 2.28. The maximum atomic E-state index is 12.8. The van der Waals surface area contributed by atoms with Gasteiger partial charge in [-0.05, 0) is 25.1 Å². The summed E-state index contributed by atoms with van der Waals surface area (Å²) in [5.41, 5.74) is 1.37. The van der Waals surface area contributed by atoms with Crippen LogP contribution in [0.25, 0.3) is 11.0 Å². The van der Waals surface area contributed by atoms with E-state index in [0.717, 1.165) is 38.1 Å². The second kappa shape index (κ2) is 8.49. The Morgan fingerprint density at radius 1 is 1.10 bits per heavy atom. The summed E-state index contributed by atoms with van der Waals surface area (Å²) in [7, 11) is 0. The molecule has 0 bridgehead atoms. The smallest absolute Gasteiger partial charge is 0.336 e. The lowest BCUT2D eigenvalue weighted by Gasteiger charge is -2.33. The van der Waals surface area contributed by atoms with E-state index in [2.05, 4.69) is 24.3 Å². The van der Waals surface area contributed by atoms with Gasteiger partial charge in [0.2, 0.25) is 0 Å². The number of nitrogens with zero attached hydrogens (tertiary/aromatic N) is 1. The summed E-state index contributed by atoms with van der Waals surface area (Å²) in [6, 6.07) is 18.8.